The zero-order chi connectivity index (χ0) is 16.8. The van der Waals surface area contributed by atoms with Gasteiger partial charge in [0.1, 0.15) is 17.6 Å². The van der Waals surface area contributed by atoms with Crippen molar-refractivity contribution in [1.29, 1.82) is 0 Å². The highest BCUT2D eigenvalue weighted by molar-refractivity contribution is 7.99. The van der Waals surface area contributed by atoms with Crippen molar-refractivity contribution in [3.05, 3.63) is 41.2 Å². The molecule has 2 aromatic heterocycles. The van der Waals surface area contributed by atoms with Crippen LogP contribution in [0.1, 0.15) is 42.2 Å². The second-order valence-corrected chi connectivity index (χ2v) is 6.52. The maximum absolute atomic E-state index is 11.9. The number of rotatable bonds is 8. The number of hydrogen-bond acceptors (Lipinski definition) is 6. The van der Waals surface area contributed by atoms with Crippen LogP contribution in [0.5, 0.6) is 0 Å². The molecule has 2 N–H and O–H groups in total. The zero-order valence-corrected chi connectivity index (χ0v) is 14.4. The van der Waals surface area contributed by atoms with Gasteiger partial charge in [-0.3, -0.25) is 4.79 Å². The van der Waals surface area contributed by atoms with Gasteiger partial charge in [-0.15, -0.1) is 11.8 Å². The lowest BCUT2D eigenvalue weighted by molar-refractivity contribution is -0.119. The minimum Gasteiger partial charge on any atom is -0.467 e. The summed E-state index contributed by atoms with van der Waals surface area (Å²) in [4.78, 5) is 11.9. The number of nitrogens with zero attached hydrogens (tertiary/aromatic N) is 1. The number of hydrogen-bond donors (Lipinski definition) is 2. The maximum Gasteiger partial charge on any atom is 0.230 e. The van der Waals surface area contributed by atoms with Crippen molar-refractivity contribution in [1.82, 2.24) is 10.5 Å². The molecule has 0 spiro atoms. The SMILES string of the molecule is Cc1noc(C)c1CSCC(=O)NC(C)CC(O)c1ccco1. The Kier molecular flexibility index (Phi) is 6.29. The number of furan rings is 1. The summed E-state index contributed by atoms with van der Waals surface area (Å²) in [6.07, 6.45) is 1.22. The molecule has 2 atom stereocenters. The molecule has 0 aliphatic rings. The fraction of sp³-hybridized carbons (Fsp3) is 0.500. The second kappa shape index (κ2) is 8.21. The molecular weight excluding hydrogens is 316 g/mol. The number of aliphatic hydroxyl groups excluding tert-OH is 1. The van der Waals surface area contributed by atoms with Crippen molar-refractivity contribution in [3.63, 3.8) is 0 Å². The molecule has 2 heterocycles. The fourth-order valence-corrected chi connectivity index (χ4v) is 3.25. The van der Waals surface area contributed by atoms with Crippen LogP contribution in [0.4, 0.5) is 0 Å². The van der Waals surface area contributed by atoms with Gasteiger partial charge in [0.25, 0.3) is 0 Å². The number of aryl methyl sites for hydroxylation is 2. The van der Waals surface area contributed by atoms with E-state index in [1.54, 1.807) is 12.1 Å². The number of amides is 1. The number of carbonyl (C=O) groups is 1. The number of nitrogens with one attached hydrogen (secondary N) is 1. The van der Waals surface area contributed by atoms with Crippen LogP contribution in [-0.4, -0.2) is 28.0 Å². The third kappa shape index (κ3) is 5.14. The van der Waals surface area contributed by atoms with Gasteiger partial charge in [-0.2, -0.15) is 0 Å². The Balaban J connectivity index is 1.70. The highest BCUT2D eigenvalue weighted by atomic mass is 32.2. The van der Waals surface area contributed by atoms with E-state index in [0.717, 1.165) is 17.0 Å². The van der Waals surface area contributed by atoms with Gasteiger partial charge < -0.3 is 19.4 Å². The van der Waals surface area contributed by atoms with E-state index in [0.29, 0.717) is 23.7 Å². The van der Waals surface area contributed by atoms with Crippen molar-refractivity contribution in [3.8, 4) is 0 Å². The molecule has 6 nitrogen and oxygen atoms in total. The van der Waals surface area contributed by atoms with Gasteiger partial charge in [0.2, 0.25) is 5.91 Å². The highest BCUT2D eigenvalue weighted by Crippen LogP contribution is 2.20. The Morgan fingerprint density at radius 3 is 2.87 bits per heavy atom. The van der Waals surface area contributed by atoms with Crippen LogP contribution >= 0.6 is 11.8 Å². The Labute approximate surface area is 139 Å². The molecule has 2 rings (SSSR count). The van der Waals surface area contributed by atoms with Crippen LogP contribution in [0.25, 0.3) is 0 Å². The first-order chi connectivity index (χ1) is 11.0. The van der Waals surface area contributed by atoms with Gasteiger partial charge in [-0.05, 0) is 32.9 Å². The van der Waals surface area contributed by atoms with Crippen LogP contribution in [0.2, 0.25) is 0 Å². The van der Waals surface area contributed by atoms with E-state index in [2.05, 4.69) is 10.5 Å². The van der Waals surface area contributed by atoms with E-state index in [-0.39, 0.29) is 11.9 Å². The predicted molar refractivity (Wildman–Crippen MR) is 88.0 cm³/mol. The zero-order valence-electron chi connectivity index (χ0n) is 13.5. The second-order valence-electron chi connectivity index (χ2n) is 5.53. The van der Waals surface area contributed by atoms with Crippen molar-refractivity contribution in [2.24, 2.45) is 0 Å². The van der Waals surface area contributed by atoms with Crippen molar-refractivity contribution in [2.45, 2.75) is 45.1 Å². The first kappa shape index (κ1) is 17.6. The topological polar surface area (TPSA) is 88.5 Å². The summed E-state index contributed by atoms with van der Waals surface area (Å²) in [5.41, 5.74) is 1.91. The van der Waals surface area contributed by atoms with Gasteiger partial charge in [-0.25, -0.2) is 0 Å². The third-order valence-electron chi connectivity index (χ3n) is 3.52. The smallest absolute Gasteiger partial charge is 0.230 e. The molecule has 2 aromatic rings. The summed E-state index contributed by atoms with van der Waals surface area (Å²) in [6.45, 7) is 5.63. The van der Waals surface area contributed by atoms with Crippen molar-refractivity contribution >= 4 is 17.7 Å². The molecule has 0 bridgehead atoms. The van der Waals surface area contributed by atoms with Gasteiger partial charge in [0.15, 0.2) is 0 Å². The third-order valence-corrected chi connectivity index (χ3v) is 4.48. The maximum atomic E-state index is 11.9. The Hall–Kier alpha value is -1.73. The van der Waals surface area contributed by atoms with Crippen molar-refractivity contribution < 1.29 is 18.8 Å². The van der Waals surface area contributed by atoms with Crippen LogP contribution < -0.4 is 5.32 Å². The minimum absolute atomic E-state index is 0.0547. The van der Waals surface area contributed by atoms with Crippen LogP contribution in [0.15, 0.2) is 27.3 Å². The monoisotopic (exact) mass is 338 g/mol. The van der Waals surface area contributed by atoms with E-state index in [1.165, 1.54) is 18.0 Å². The van der Waals surface area contributed by atoms with Crippen LogP contribution in [0, 0.1) is 13.8 Å². The first-order valence-electron chi connectivity index (χ1n) is 7.47. The van der Waals surface area contributed by atoms with E-state index in [9.17, 15) is 9.90 Å². The number of aromatic nitrogens is 1. The van der Waals surface area contributed by atoms with E-state index in [1.807, 2.05) is 20.8 Å². The molecule has 126 valence electrons. The average molecular weight is 338 g/mol. The standard InChI is InChI=1S/C16H22N2O4S/c1-10(7-14(19)15-5-4-6-21-15)17-16(20)9-23-8-13-11(2)18-22-12(13)3/h4-6,10,14,19H,7-9H2,1-3H3,(H,17,20). The molecule has 2 unspecified atom stereocenters. The molecule has 0 saturated carbocycles. The summed E-state index contributed by atoms with van der Waals surface area (Å²) in [7, 11) is 0. The number of carbonyl (C=O) groups excluding carboxylic acids is 1. The molecule has 1 amide bonds. The minimum atomic E-state index is -0.713. The van der Waals surface area contributed by atoms with E-state index < -0.39 is 6.10 Å². The molecule has 0 radical (unpaired) electrons. The normalized spacial score (nSPS) is 13.7. The largest absolute Gasteiger partial charge is 0.467 e. The van der Waals surface area contributed by atoms with Crippen molar-refractivity contribution in [2.75, 3.05) is 5.75 Å². The summed E-state index contributed by atoms with van der Waals surface area (Å²) < 4.78 is 10.2. The molecule has 0 aliphatic heterocycles. The lowest BCUT2D eigenvalue weighted by Gasteiger charge is -2.16. The summed E-state index contributed by atoms with van der Waals surface area (Å²) in [5, 5.41) is 16.8. The summed E-state index contributed by atoms with van der Waals surface area (Å²) in [5.74, 6) is 2.30. The average Bonchev–Trinajstić information content (AvgIpc) is 3.12. The Morgan fingerprint density at radius 1 is 1.48 bits per heavy atom. The predicted octanol–water partition coefficient (Wildman–Crippen LogP) is 2.75. The van der Waals surface area contributed by atoms with Gasteiger partial charge >= 0.3 is 0 Å². The molecular formula is C16H22N2O4S. The number of thioether (sulfide) groups is 1. The van der Waals surface area contributed by atoms with Gasteiger partial charge in [0.05, 0.1) is 17.7 Å². The molecule has 0 fully saturated rings. The lowest BCUT2D eigenvalue weighted by Crippen LogP contribution is -2.35. The quantitative estimate of drug-likeness (QED) is 0.769. The van der Waals surface area contributed by atoms with Crippen LogP contribution in [0.3, 0.4) is 0 Å². The van der Waals surface area contributed by atoms with Gasteiger partial charge in [0, 0.05) is 23.8 Å². The molecule has 0 saturated heterocycles. The molecule has 7 heteroatoms. The summed E-state index contributed by atoms with van der Waals surface area (Å²) >= 11 is 1.51. The van der Waals surface area contributed by atoms with E-state index >= 15 is 0 Å². The van der Waals surface area contributed by atoms with Gasteiger partial charge in [-0.1, -0.05) is 5.16 Å². The first-order valence-corrected chi connectivity index (χ1v) is 8.63. The fourth-order valence-electron chi connectivity index (χ4n) is 2.26. The summed E-state index contributed by atoms with van der Waals surface area (Å²) in [6, 6.07) is 3.31. The Morgan fingerprint density at radius 2 is 2.26 bits per heavy atom. The van der Waals surface area contributed by atoms with E-state index in [4.69, 9.17) is 8.94 Å². The lowest BCUT2D eigenvalue weighted by atomic mass is 10.1. The Bertz CT molecular complexity index is 605. The number of aliphatic hydroxyl groups is 1. The molecule has 23 heavy (non-hydrogen) atoms. The molecule has 0 aliphatic carbocycles. The molecule has 0 aromatic carbocycles. The van der Waals surface area contributed by atoms with Crippen LogP contribution in [-0.2, 0) is 10.5 Å². The highest BCUT2D eigenvalue weighted by Gasteiger charge is 2.16.